The molecular weight excluding hydrogens is 309 g/mol. The number of hydrogen-bond acceptors (Lipinski definition) is 2. The quantitative estimate of drug-likeness (QED) is 0.345. The average molecular weight is 325 g/mol. The van der Waals surface area contributed by atoms with Crippen molar-refractivity contribution in [3.63, 3.8) is 0 Å². The molecule has 0 saturated carbocycles. The summed E-state index contributed by atoms with van der Waals surface area (Å²) >= 11 is 0. The maximum Gasteiger partial charge on any atom is 2.00 e. The van der Waals surface area contributed by atoms with Crippen molar-refractivity contribution in [1.82, 2.24) is 0 Å². The van der Waals surface area contributed by atoms with Gasteiger partial charge in [-0.25, -0.2) is 0 Å². The minimum Gasteiger partial charge on any atom is -1.00 e. The molecule has 3 aromatic rings. The van der Waals surface area contributed by atoms with Gasteiger partial charge in [0.15, 0.2) is 0 Å². The largest absolute Gasteiger partial charge is 2.00 e. The van der Waals surface area contributed by atoms with E-state index in [1.165, 1.54) is 0 Å². The predicted octanol–water partition coefficient (Wildman–Crippen LogP) is 3.81. The minimum absolute atomic E-state index is 0. The number of fused-ring (bicyclic) bond motifs is 2. The molecule has 0 fully saturated rings. The van der Waals surface area contributed by atoms with Gasteiger partial charge in [-0.3, -0.25) is 4.55 Å². The SMILES string of the molecule is C=CCc1ccc2cc3ccccc3cc2c1S(=O)(=O)O.[H-].[H-].[Mg+2]. The fraction of sp³-hybridized carbons (Fsp3) is 0.0588. The molecule has 0 atom stereocenters. The van der Waals surface area contributed by atoms with Crippen molar-refractivity contribution in [2.45, 2.75) is 11.3 Å². The van der Waals surface area contributed by atoms with E-state index in [2.05, 4.69) is 6.58 Å². The second-order valence-electron chi connectivity index (χ2n) is 4.94. The fourth-order valence-electron chi connectivity index (χ4n) is 2.65. The molecule has 5 heteroatoms. The fourth-order valence-corrected chi connectivity index (χ4v) is 3.59. The van der Waals surface area contributed by atoms with Crippen molar-refractivity contribution in [1.29, 1.82) is 0 Å². The van der Waals surface area contributed by atoms with Crippen LogP contribution in [0.2, 0.25) is 0 Å². The topological polar surface area (TPSA) is 54.4 Å². The van der Waals surface area contributed by atoms with Crippen LogP contribution in [0.25, 0.3) is 21.5 Å². The van der Waals surface area contributed by atoms with Gasteiger partial charge in [-0.2, -0.15) is 8.42 Å². The Morgan fingerprint density at radius 1 is 1.05 bits per heavy atom. The number of benzene rings is 3. The second kappa shape index (κ2) is 6.38. The summed E-state index contributed by atoms with van der Waals surface area (Å²) in [6.45, 7) is 3.63. The van der Waals surface area contributed by atoms with Gasteiger partial charge < -0.3 is 2.85 Å². The van der Waals surface area contributed by atoms with Crippen molar-refractivity contribution in [3.05, 3.63) is 66.7 Å². The van der Waals surface area contributed by atoms with Crippen LogP contribution in [0.5, 0.6) is 0 Å². The van der Waals surface area contributed by atoms with E-state index < -0.39 is 10.1 Å². The van der Waals surface area contributed by atoms with E-state index in [9.17, 15) is 13.0 Å². The molecule has 0 unspecified atom stereocenters. The van der Waals surface area contributed by atoms with Crippen LogP contribution in [0.15, 0.2) is 66.1 Å². The zero-order chi connectivity index (χ0) is 15.0. The van der Waals surface area contributed by atoms with Crippen LogP contribution in [-0.2, 0) is 16.5 Å². The molecule has 0 aromatic heterocycles. The number of allylic oxidation sites excluding steroid dienone is 1. The standard InChI is InChI=1S/C17H14O3S.Mg.2H/c1-2-5-12-8-9-15-10-13-6-3-4-7-14(13)11-16(15)17(12)21(18,19)20;;;/h2-4,6-11H,1,5H2,(H,18,19,20);;;/q;+2;2*-1. The third kappa shape index (κ3) is 3.03. The molecular formula is C17H16MgO3S. The summed E-state index contributed by atoms with van der Waals surface area (Å²) in [5.74, 6) is 0. The number of hydrogen-bond donors (Lipinski definition) is 1. The molecule has 110 valence electrons. The third-order valence-corrected chi connectivity index (χ3v) is 4.54. The van der Waals surface area contributed by atoms with Gasteiger partial charge in [-0.05, 0) is 40.3 Å². The molecule has 0 bridgehead atoms. The molecule has 0 spiro atoms. The smallest absolute Gasteiger partial charge is 1.00 e. The van der Waals surface area contributed by atoms with Crippen LogP contribution < -0.4 is 0 Å². The second-order valence-corrected chi connectivity index (χ2v) is 6.30. The Morgan fingerprint density at radius 2 is 1.68 bits per heavy atom. The zero-order valence-corrected chi connectivity index (χ0v) is 14.2. The Bertz CT molecular complexity index is 972. The number of rotatable bonds is 3. The average Bonchev–Trinajstić information content (AvgIpc) is 2.44. The molecule has 1 N–H and O–H groups in total. The van der Waals surface area contributed by atoms with Gasteiger partial charge >= 0.3 is 23.1 Å². The Morgan fingerprint density at radius 3 is 2.27 bits per heavy atom. The van der Waals surface area contributed by atoms with Gasteiger partial charge in [-0.1, -0.05) is 42.5 Å². The summed E-state index contributed by atoms with van der Waals surface area (Å²) in [4.78, 5) is -0.0225. The maximum atomic E-state index is 11.8. The van der Waals surface area contributed by atoms with E-state index in [0.717, 1.165) is 16.2 Å². The van der Waals surface area contributed by atoms with Crippen molar-refractivity contribution >= 4 is 54.7 Å². The molecule has 0 heterocycles. The zero-order valence-electron chi connectivity index (χ0n) is 14.0. The van der Waals surface area contributed by atoms with Gasteiger partial charge in [0.05, 0.1) is 0 Å². The minimum atomic E-state index is -4.30. The first-order chi connectivity index (χ1) is 10.0. The van der Waals surface area contributed by atoms with Crippen molar-refractivity contribution in [2.24, 2.45) is 0 Å². The summed E-state index contributed by atoms with van der Waals surface area (Å²) in [7, 11) is -4.30. The monoisotopic (exact) mass is 324 g/mol. The van der Waals surface area contributed by atoms with Gasteiger partial charge in [0.25, 0.3) is 10.1 Å². The van der Waals surface area contributed by atoms with Crippen LogP contribution in [0.3, 0.4) is 0 Å². The summed E-state index contributed by atoms with van der Waals surface area (Å²) in [5, 5.41) is 3.29. The van der Waals surface area contributed by atoms with Gasteiger partial charge in [-0.15, -0.1) is 6.58 Å². The summed E-state index contributed by atoms with van der Waals surface area (Å²) in [6, 6.07) is 15.1. The molecule has 3 rings (SSSR count). The first kappa shape index (κ1) is 17.0. The summed E-state index contributed by atoms with van der Waals surface area (Å²) in [6.07, 6.45) is 2.01. The molecule has 22 heavy (non-hydrogen) atoms. The molecule has 3 nitrogen and oxygen atoms in total. The third-order valence-electron chi connectivity index (χ3n) is 3.54. The molecule has 0 radical (unpaired) electrons. The molecule has 0 saturated heterocycles. The van der Waals surface area contributed by atoms with E-state index in [-0.39, 0.29) is 30.8 Å². The Kier molecular flexibility index (Phi) is 4.92. The van der Waals surface area contributed by atoms with E-state index >= 15 is 0 Å². The van der Waals surface area contributed by atoms with E-state index in [1.807, 2.05) is 36.4 Å². The first-order valence-corrected chi connectivity index (χ1v) is 7.97. The Hall–Kier alpha value is -1.40. The van der Waals surface area contributed by atoms with Crippen molar-refractivity contribution in [3.8, 4) is 0 Å². The van der Waals surface area contributed by atoms with Gasteiger partial charge in [0.2, 0.25) is 0 Å². The van der Waals surface area contributed by atoms with Gasteiger partial charge in [0.1, 0.15) is 4.90 Å². The van der Waals surface area contributed by atoms with Crippen LogP contribution in [0.1, 0.15) is 8.42 Å². The molecule has 0 aliphatic heterocycles. The Balaban J connectivity index is 0.00000176. The van der Waals surface area contributed by atoms with E-state index in [0.29, 0.717) is 17.4 Å². The molecule has 0 aliphatic rings. The van der Waals surface area contributed by atoms with Crippen LogP contribution >= 0.6 is 0 Å². The van der Waals surface area contributed by atoms with Crippen molar-refractivity contribution in [2.75, 3.05) is 0 Å². The van der Waals surface area contributed by atoms with Crippen LogP contribution in [-0.4, -0.2) is 36.0 Å². The summed E-state index contributed by atoms with van der Waals surface area (Å²) in [5.41, 5.74) is 0.551. The molecule has 0 amide bonds. The summed E-state index contributed by atoms with van der Waals surface area (Å²) < 4.78 is 33.2. The van der Waals surface area contributed by atoms with Crippen LogP contribution in [0, 0.1) is 0 Å². The van der Waals surface area contributed by atoms with E-state index in [4.69, 9.17) is 0 Å². The molecule has 3 aromatic carbocycles. The van der Waals surface area contributed by atoms with Crippen LogP contribution in [0.4, 0.5) is 0 Å². The maximum absolute atomic E-state index is 11.8. The van der Waals surface area contributed by atoms with Gasteiger partial charge in [0, 0.05) is 5.39 Å². The van der Waals surface area contributed by atoms with E-state index in [1.54, 1.807) is 18.2 Å². The van der Waals surface area contributed by atoms with Crippen molar-refractivity contribution < 1.29 is 15.8 Å². The first-order valence-electron chi connectivity index (χ1n) is 6.53. The normalized spacial score (nSPS) is 11.3. The molecule has 0 aliphatic carbocycles. The predicted molar refractivity (Wildman–Crippen MR) is 93.1 cm³/mol. The Labute approximate surface area is 148 Å².